The van der Waals surface area contributed by atoms with Crippen molar-refractivity contribution < 1.29 is 27.5 Å². The summed E-state index contributed by atoms with van der Waals surface area (Å²) in [6.45, 7) is 0. The first-order chi connectivity index (χ1) is 13.2. The zero-order valence-electron chi connectivity index (χ0n) is 15.5. The SMILES string of the molecule is COc1cc(OC)nc(N(C(=O)NS(=O)(=O)c2ccccn2)C(=O)N(C)C)n1. The number of sulfonamides is 1. The lowest BCUT2D eigenvalue weighted by Gasteiger charge is -2.23. The topological polar surface area (TPSA) is 144 Å². The van der Waals surface area contributed by atoms with Crippen LogP contribution in [0.1, 0.15) is 0 Å². The quantitative estimate of drug-likeness (QED) is 0.744. The molecule has 4 amide bonds. The molecule has 2 aromatic heterocycles. The molecule has 0 radical (unpaired) electrons. The zero-order valence-corrected chi connectivity index (χ0v) is 16.3. The molecule has 0 bridgehead atoms. The number of urea groups is 2. The second-order valence-electron chi connectivity index (χ2n) is 5.34. The van der Waals surface area contributed by atoms with Crippen molar-refractivity contribution in [2.75, 3.05) is 33.2 Å². The molecule has 0 aliphatic carbocycles. The van der Waals surface area contributed by atoms with Gasteiger partial charge in [-0.15, -0.1) is 0 Å². The first-order valence-corrected chi connectivity index (χ1v) is 9.14. The van der Waals surface area contributed by atoms with E-state index in [4.69, 9.17) is 9.47 Å². The maximum atomic E-state index is 12.7. The Morgan fingerprint density at radius 3 is 2.14 bits per heavy atom. The number of carbonyl (C=O) groups excluding carboxylic acids is 2. The molecule has 0 spiro atoms. The first kappa shape index (κ1) is 20.8. The van der Waals surface area contributed by atoms with Crippen LogP contribution in [-0.4, -0.2) is 68.6 Å². The largest absolute Gasteiger partial charge is 0.481 e. The van der Waals surface area contributed by atoms with Gasteiger partial charge in [0.15, 0.2) is 5.03 Å². The maximum absolute atomic E-state index is 12.7. The van der Waals surface area contributed by atoms with Gasteiger partial charge >= 0.3 is 12.1 Å². The monoisotopic (exact) mass is 410 g/mol. The van der Waals surface area contributed by atoms with Crippen molar-refractivity contribution in [3.05, 3.63) is 30.5 Å². The Hall–Kier alpha value is -3.48. The van der Waals surface area contributed by atoms with E-state index < -0.39 is 33.1 Å². The van der Waals surface area contributed by atoms with Gasteiger partial charge in [0, 0.05) is 20.3 Å². The Morgan fingerprint density at radius 2 is 1.68 bits per heavy atom. The number of methoxy groups -OCH3 is 2. The Bertz CT molecular complexity index is 944. The highest BCUT2D eigenvalue weighted by Gasteiger charge is 2.32. The highest BCUT2D eigenvalue weighted by Crippen LogP contribution is 2.21. The second-order valence-corrected chi connectivity index (χ2v) is 6.97. The average molecular weight is 410 g/mol. The summed E-state index contributed by atoms with van der Waals surface area (Å²) in [5.41, 5.74) is 0. The molecule has 1 N–H and O–H groups in total. The van der Waals surface area contributed by atoms with Crippen LogP contribution in [0.2, 0.25) is 0 Å². The molecule has 12 nitrogen and oxygen atoms in total. The van der Waals surface area contributed by atoms with Gasteiger partial charge in [-0.25, -0.2) is 19.3 Å². The van der Waals surface area contributed by atoms with Crippen LogP contribution >= 0.6 is 0 Å². The van der Waals surface area contributed by atoms with Crippen molar-refractivity contribution in [2.24, 2.45) is 0 Å². The van der Waals surface area contributed by atoms with E-state index in [0.717, 1.165) is 4.90 Å². The van der Waals surface area contributed by atoms with Gasteiger partial charge in [0.1, 0.15) is 0 Å². The van der Waals surface area contributed by atoms with Crippen LogP contribution in [0.3, 0.4) is 0 Å². The first-order valence-electron chi connectivity index (χ1n) is 7.66. The average Bonchev–Trinajstić information content (AvgIpc) is 2.67. The van der Waals surface area contributed by atoms with Crippen molar-refractivity contribution in [2.45, 2.75) is 5.03 Å². The van der Waals surface area contributed by atoms with E-state index in [-0.39, 0.29) is 11.8 Å². The summed E-state index contributed by atoms with van der Waals surface area (Å²) in [5.74, 6) is -0.443. The van der Waals surface area contributed by atoms with Gasteiger partial charge in [0.05, 0.1) is 20.3 Å². The Morgan fingerprint density at radius 1 is 1.07 bits per heavy atom. The third-order valence-corrected chi connectivity index (χ3v) is 4.43. The predicted octanol–water partition coefficient (Wildman–Crippen LogP) is 0.475. The lowest BCUT2D eigenvalue weighted by atomic mass is 10.5. The molecule has 2 heterocycles. The number of carbonyl (C=O) groups is 2. The van der Waals surface area contributed by atoms with Crippen LogP contribution in [0.4, 0.5) is 15.5 Å². The Balaban J connectivity index is 2.47. The predicted molar refractivity (Wildman–Crippen MR) is 96.7 cm³/mol. The van der Waals surface area contributed by atoms with Crippen LogP contribution < -0.4 is 19.1 Å². The van der Waals surface area contributed by atoms with E-state index in [2.05, 4.69) is 15.0 Å². The molecule has 0 saturated heterocycles. The van der Waals surface area contributed by atoms with Gasteiger partial charge in [-0.3, -0.25) is 0 Å². The Labute approximate surface area is 161 Å². The molecule has 2 rings (SSSR count). The van der Waals surface area contributed by atoms with Crippen LogP contribution in [0.15, 0.2) is 35.5 Å². The minimum absolute atomic E-state index is 0.00112. The van der Waals surface area contributed by atoms with Crippen LogP contribution in [-0.2, 0) is 10.0 Å². The molecule has 0 atom stereocenters. The van der Waals surface area contributed by atoms with Crippen molar-refractivity contribution >= 4 is 28.0 Å². The van der Waals surface area contributed by atoms with E-state index in [1.165, 1.54) is 58.8 Å². The lowest BCUT2D eigenvalue weighted by molar-refractivity contribution is 0.219. The summed E-state index contributed by atoms with van der Waals surface area (Å²) >= 11 is 0. The van der Waals surface area contributed by atoms with Gasteiger partial charge < -0.3 is 14.4 Å². The third kappa shape index (κ3) is 4.62. The number of rotatable bonds is 5. The molecular formula is C15H18N6O6S. The second kappa shape index (κ2) is 8.47. The molecular weight excluding hydrogens is 392 g/mol. The van der Waals surface area contributed by atoms with Gasteiger partial charge in [-0.2, -0.15) is 23.3 Å². The summed E-state index contributed by atoms with van der Waals surface area (Å²) in [6, 6.07) is 3.26. The minimum atomic E-state index is -4.34. The Kier molecular flexibility index (Phi) is 6.30. The van der Waals surface area contributed by atoms with E-state index >= 15 is 0 Å². The molecule has 28 heavy (non-hydrogen) atoms. The van der Waals surface area contributed by atoms with E-state index in [0.29, 0.717) is 4.90 Å². The summed E-state index contributed by atoms with van der Waals surface area (Å²) in [7, 11) is 1.02. The number of hydrogen-bond acceptors (Lipinski definition) is 9. The number of anilines is 1. The van der Waals surface area contributed by atoms with Crippen molar-refractivity contribution in [3.8, 4) is 11.8 Å². The van der Waals surface area contributed by atoms with Crippen molar-refractivity contribution in [1.82, 2.24) is 24.6 Å². The lowest BCUT2D eigenvalue weighted by Crippen LogP contribution is -2.50. The van der Waals surface area contributed by atoms with E-state index in [9.17, 15) is 18.0 Å². The molecule has 0 aliphatic heterocycles. The molecule has 150 valence electrons. The number of imide groups is 1. The highest BCUT2D eigenvalue weighted by atomic mass is 32.2. The molecule has 0 fully saturated rings. The molecule has 0 saturated carbocycles. The zero-order chi connectivity index (χ0) is 20.9. The number of pyridine rings is 1. The van der Waals surface area contributed by atoms with Gasteiger partial charge in [-0.1, -0.05) is 6.07 Å². The number of amides is 4. The minimum Gasteiger partial charge on any atom is -0.481 e. The van der Waals surface area contributed by atoms with Crippen molar-refractivity contribution in [1.29, 1.82) is 0 Å². The van der Waals surface area contributed by atoms with Gasteiger partial charge in [0.25, 0.3) is 10.0 Å². The maximum Gasteiger partial charge on any atom is 0.346 e. The smallest absolute Gasteiger partial charge is 0.346 e. The molecule has 0 aliphatic rings. The fourth-order valence-corrected chi connectivity index (χ4v) is 2.77. The number of ether oxygens (including phenoxy) is 2. The normalized spacial score (nSPS) is 10.7. The fraction of sp³-hybridized carbons (Fsp3) is 0.267. The van der Waals surface area contributed by atoms with E-state index in [1.54, 1.807) is 4.72 Å². The van der Waals surface area contributed by atoms with Gasteiger partial charge in [0.2, 0.25) is 17.7 Å². The van der Waals surface area contributed by atoms with Crippen LogP contribution in [0.5, 0.6) is 11.8 Å². The summed E-state index contributed by atoms with van der Waals surface area (Å²) in [4.78, 5) is 38.2. The standard InChI is InChI=1S/C15H18N6O6S/c1-20(2)15(23)21(13-17-10(26-3)9-11(18-13)27-4)14(22)19-28(24,25)12-7-5-6-8-16-12/h5-9H,1-4H3,(H,19,22). The van der Waals surface area contributed by atoms with E-state index in [1.807, 2.05) is 0 Å². The summed E-state index contributed by atoms with van der Waals surface area (Å²) in [6.07, 6.45) is 1.25. The molecule has 2 aromatic rings. The number of aromatic nitrogens is 3. The van der Waals surface area contributed by atoms with Crippen molar-refractivity contribution in [3.63, 3.8) is 0 Å². The summed E-state index contributed by atoms with van der Waals surface area (Å²) < 4.78 is 36.5. The fourth-order valence-electron chi connectivity index (χ4n) is 1.88. The number of hydrogen-bond donors (Lipinski definition) is 1. The molecule has 0 aromatic carbocycles. The van der Waals surface area contributed by atoms with Crippen LogP contribution in [0.25, 0.3) is 0 Å². The number of nitrogens with one attached hydrogen (secondary N) is 1. The highest BCUT2D eigenvalue weighted by molar-refractivity contribution is 7.90. The number of nitrogens with zero attached hydrogens (tertiary/aromatic N) is 5. The third-order valence-electron chi connectivity index (χ3n) is 3.20. The van der Waals surface area contributed by atoms with Crippen LogP contribution in [0, 0.1) is 0 Å². The molecule has 13 heteroatoms. The van der Waals surface area contributed by atoms with Gasteiger partial charge in [-0.05, 0) is 12.1 Å². The molecule has 0 unspecified atom stereocenters. The summed E-state index contributed by atoms with van der Waals surface area (Å²) in [5, 5.41) is -0.398.